The Morgan fingerprint density at radius 1 is 1.45 bits per heavy atom. The highest BCUT2D eigenvalue weighted by atomic mass is 16.3. The second-order valence-corrected chi connectivity index (χ2v) is 6.24. The van der Waals surface area contributed by atoms with Crippen molar-refractivity contribution in [3.63, 3.8) is 0 Å². The Kier molecular flexibility index (Phi) is 7.30. The molecule has 0 aromatic heterocycles. The molecule has 1 rings (SSSR count). The Balaban J connectivity index is 2.34. The topological polar surface area (TPSA) is 55.8 Å². The molecule has 2 atom stereocenters. The number of rotatable bonds is 7. The predicted octanol–water partition coefficient (Wildman–Crippen LogP) is 1.52. The molecule has 118 valence electrons. The molecule has 1 aliphatic heterocycles. The van der Waals surface area contributed by atoms with Crippen molar-refractivity contribution in [3.05, 3.63) is 0 Å². The van der Waals surface area contributed by atoms with Crippen LogP contribution in [0.1, 0.15) is 40.5 Å². The molecular formula is C15H31N3O2. The van der Waals surface area contributed by atoms with Gasteiger partial charge in [0.25, 0.3) is 0 Å². The molecule has 0 bridgehead atoms. The molecule has 5 nitrogen and oxygen atoms in total. The second-order valence-electron chi connectivity index (χ2n) is 6.24. The van der Waals surface area contributed by atoms with Gasteiger partial charge in [0.1, 0.15) is 0 Å². The largest absolute Gasteiger partial charge is 0.392 e. The number of carbonyl (C=O) groups is 1. The Morgan fingerprint density at radius 3 is 2.70 bits per heavy atom. The van der Waals surface area contributed by atoms with Gasteiger partial charge >= 0.3 is 6.03 Å². The standard InChI is InChI=1S/C15H31N3O2/c1-5-7-17-8-6-14(11-17)9-16-15(20)18(12(2)3)10-13(4)19/h12-14,19H,5-11H2,1-4H3,(H,16,20). The predicted molar refractivity (Wildman–Crippen MR) is 81.8 cm³/mol. The fraction of sp³-hybridized carbons (Fsp3) is 0.933. The van der Waals surface area contributed by atoms with E-state index in [4.69, 9.17) is 0 Å². The maximum atomic E-state index is 12.2. The first-order valence-electron chi connectivity index (χ1n) is 7.88. The molecular weight excluding hydrogens is 254 g/mol. The van der Waals surface area contributed by atoms with Gasteiger partial charge in [0.2, 0.25) is 0 Å². The normalized spacial score (nSPS) is 21.2. The zero-order valence-corrected chi connectivity index (χ0v) is 13.4. The number of likely N-dealkylation sites (tertiary alicyclic amines) is 1. The van der Waals surface area contributed by atoms with E-state index in [0.717, 1.165) is 26.2 Å². The average molecular weight is 285 g/mol. The lowest BCUT2D eigenvalue weighted by Gasteiger charge is -2.28. The summed E-state index contributed by atoms with van der Waals surface area (Å²) in [4.78, 5) is 16.3. The van der Waals surface area contributed by atoms with Gasteiger partial charge in [-0.15, -0.1) is 0 Å². The fourth-order valence-corrected chi connectivity index (χ4v) is 2.74. The van der Waals surface area contributed by atoms with E-state index >= 15 is 0 Å². The van der Waals surface area contributed by atoms with Crippen LogP contribution in [0.2, 0.25) is 0 Å². The number of nitrogens with zero attached hydrogens (tertiary/aromatic N) is 2. The van der Waals surface area contributed by atoms with E-state index in [2.05, 4.69) is 17.1 Å². The molecule has 5 heteroatoms. The molecule has 0 aromatic rings. The minimum absolute atomic E-state index is 0.0603. The van der Waals surface area contributed by atoms with Crippen LogP contribution < -0.4 is 5.32 Å². The third-order valence-corrected chi connectivity index (χ3v) is 3.80. The van der Waals surface area contributed by atoms with E-state index in [-0.39, 0.29) is 12.1 Å². The van der Waals surface area contributed by atoms with Crippen molar-refractivity contribution in [2.75, 3.05) is 32.7 Å². The summed E-state index contributed by atoms with van der Waals surface area (Å²) in [5.74, 6) is 0.561. The van der Waals surface area contributed by atoms with Gasteiger partial charge in [0.05, 0.1) is 6.10 Å². The van der Waals surface area contributed by atoms with Crippen LogP contribution in [0.4, 0.5) is 4.79 Å². The van der Waals surface area contributed by atoms with Crippen LogP contribution in [0.25, 0.3) is 0 Å². The Labute approximate surface area is 123 Å². The van der Waals surface area contributed by atoms with Crippen LogP contribution in [0.3, 0.4) is 0 Å². The molecule has 0 aromatic carbocycles. The molecule has 0 radical (unpaired) electrons. The quantitative estimate of drug-likeness (QED) is 0.745. The highest BCUT2D eigenvalue weighted by Crippen LogP contribution is 2.15. The van der Waals surface area contributed by atoms with Crippen LogP contribution >= 0.6 is 0 Å². The number of hydrogen-bond acceptors (Lipinski definition) is 3. The van der Waals surface area contributed by atoms with E-state index in [9.17, 15) is 9.90 Å². The fourth-order valence-electron chi connectivity index (χ4n) is 2.74. The number of aliphatic hydroxyl groups excluding tert-OH is 1. The van der Waals surface area contributed by atoms with Crippen LogP contribution in [0.5, 0.6) is 0 Å². The first-order valence-corrected chi connectivity index (χ1v) is 7.88. The summed E-state index contributed by atoms with van der Waals surface area (Å²) in [6.45, 7) is 12.4. The highest BCUT2D eigenvalue weighted by molar-refractivity contribution is 5.74. The molecule has 20 heavy (non-hydrogen) atoms. The maximum Gasteiger partial charge on any atom is 0.317 e. The van der Waals surface area contributed by atoms with Gasteiger partial charge < -0.3 is 20.2 Å². The number of nitrogens with one attached hydrogen (secondary N) is 1. The third-order valence-electron chi connectivity index (χ3n) is 3.80. The first-order chi connectivity index (χ1) is 9.43. The molecule has 1 heterocycles. The highest BCUT2D eigenvalue weighted by Gasteiger charge is 2.24. The molecule has 1 aliphatic rings. The zero-order chi connectivity index (χ0) is 15.1. The van der Waals surface area contributed by atoms with Gasteiger partial charge in [-0.1, -0.05) is 6.92 Å². The van der Waals surface area contributed by atoms with E-state index in [0.29, 0.717) is 12.5 Å². The molecule has 0 spiro atoms. The maximum absolute atomic E-state index is 12.2. The number of carbonyl (C=O) groups excluding carboxylic acids is 1. The van der Waals surface area contributed by atoms with Gasteiger partial charge in [0.15, 0.2) is 0 Å². The van der Waals surface area contributed by atoms with Crippen molar-refractivity contribution in [1.29, 1.82) is 0 Å². The lowest BCUT2D eigenvalue weighted by atomic mass is 10.1. The summed E-state index contributed by atoms with van der Waals surface area (Å²) in [6.07, 6.45) is 1.86. The SMILES string of the molecule is CCCN1CCC(CNC(=O)N(CC(C)O)C(C)C)C1. The summed E-state index contributed by atoms with van der Waals surface area (Å²) in [5, 5.41) is 12.5. The molecule has 0 saturated carbocycles. The van der Waals surface area contributed by atoms with Gasteiger partial charge in [-0.05, 0) is 52.6 Å². The monoisotopic (exact) mass is 285 g/mol. The summed E-state index contributed by atoms with van der Waals surface area (Å²) >= 11 is 0. The Hall–Kier alpha value is -0.810. The minimum atomic E-state index is -0.491. The van der Waals surface area contributed by atoms with E-state index in [1.165, 1.54) is 12.8 Å². The molecule has 2 unspecified atom stereocenters. The van der Waals surface area contributed by atoms with Crippen LogP contribution in [-0.2, 0) is 0 Å². The van der Waals surface area contributed by atoms with Crippen molar-refractivity contribution in [1.82, 2.24) is 15.1 Å². The van der Waals surface area contributed by atoms with Crippen molar-refractivity contribution in [2.24, 2.45) is 5.92 Å². The first kappa shape index (κ1) is 17.2. The smallest absolute Gasteiger partial charge is 0.317 e. The van der Waals surface area contributed by atoms with Gasteiger partial charge in [-0.2, -0.15) is 0 Å². The minimum Gasteiger partial charge on any atom is -0.392 e. The van der Waals surface area contributed by atoms with Crippen molar-refractivity contribution < 1.29 is 9.90 Å². The third kappa shape index (κ3) is 5.67. The second kappa shape index (κ2) is 8.47. The van der Waals surface area contributed by atoms with E-state index in [1.54, 1.807) is 11.8 Å². The summed E-state index contributed by atoms with van der Waals surface area (Å²) in [6, 6.07) is 0.0413. The average Bonchev–Trinajstić information content (AvgIpc) is 2.81. The van der Waals surface area contributed by atoms with Crippen LogP contribution in [-0.4, -0.2) is 65.8 Å². The Bertz CT molecular complexity index is 295. The number of hydrogen-bond donors (Lipinski definition) is 2. The van der Waals surface area contributed by atoms with Crippen LogP contribution in [0.15, 0.2) is 0 Å². The van der Waals surface area contributed by atoms with E-state index < -0.39 is 6.10 Å². The van der Waals surface area contributed by atoms with Gasteiger partial charge in [-0.25, -0.2) is 4.79 Å². The summed E-state index contributed by atoms with van der Waals surface area (Å²) < 4.78 is 0. The van der Waals surface area contributed by atoms with Crippen molar-refractivity contribution >= 4 is 6.03 Å². The van der Waals surface area contributed by atoms with Crippen molar-refractivity contribution in [3.8, 4) is 0 Å². The van der Waals surface area contributed by atoms with Gasteiger partial charge in [-0.3, -0.25) is 0 Å². The zero-order valence-electron chi connectivity index (χ0n) is 13.4. The van der Waals surface area contributed by atoms with Gasteiger partial charge in [0, 0.05) is 25.7 Å². The Morgan fingerprint density at radius 2 is 2.15 bits per heavy atom. The molecule has 1 saturated heterocycles. The molecule has 1 fully saturated rings. The molecule has 2 N–H and O–H groups in total. The molecule has 2 amide bonds. The van der Waals surface area contributed by atoms with Crippen molar-refractivity contribution in [2.45, 2.75) is 52.7 Å². The lowest BCUT2D eigenvalue weighted by Crippen LogP contribution is -2.48. The lowest BCUT2D eigenvalue weighted by molar-refractivity contribution is 0.118. The number of amides is 2. The summed E-state index contributed by atoms with van der Waals surface area (Å²) in [5.41, 5.74) is 0. The van der Waals surface area contributed by atoms with E-state index in [1.807, 2.05) is 13.8 Å². The summed E-state index contributed by atoms with van der Waals surface area (Å²) in [7, 11) is 0. The number of urea groups is 1. The molecule has 0 aliphatic carbocycles. The number of aliphatic hydroxyl groups is 1. The van der Waals surface area contributed by atoms with Crippen LogP contribution in [0, 0.1) is 5.92 Å².